The van der Waals surface area contributed by atoms with Gasteiger partial charge in [-0.25, -0.2) is 0 Å². The first-order valence-electron chi connectivity index (χ1n) is 3.64. The van der Waals surface area contributed by atoms with Gasteiger partial charge in [0, 0.05) is 30.5 Å². The lowest BCUT2D eigenvalue weighted by atomic mass is 9.97. The van der Waals surface area contributed by atoms with Gasteiger partial charge in [0.2, 0.25) is 0 Å². The number of aliphatic hydroxyl groups excluding tert-OH is 1. The number of rotatable bonds is 0. The summed E-state index contributed by atoms with van der Waals surface area (Å²) < 4.78 is 0. The predicted molar refractivity (Wildman–Crippen MR) is 43.6 cm³/mol. The van der Waals surface area contributed by atoms with Gasteiger partial charge < -0.3 is 5.11 Å². The number of carbonyl (C=O) groups excluding carboxylic acids is 1. The van der Waals surface area contributed by atoms with E-state index in [1.807, 2.05) is 0 Å². The van der Waals surface area contributed by atoms with E-state index in [9.17, 15) is 9.90 Å². The first kappa shape index (κ1) is 7.03. The van der Waals surface area contributed by atoms with E-state index in [1.165, 1.54) is 6.08 Å². The van der Waals surface area contributed by atoms with Crippen LogP contribution in [0.1, 0.15) is 11.1 Å². The molecule has 60 valence electrons. The van der Waals surface area contributed by atoms with Crippen LogP contribution >= 0.6 is 0 Å². The summed E-state index contributed by atoms with van der Waals surface area (Å²) in [5.74, 6) is -0.0412. The fourth-order valence-corrected chi connectivity index (χ4v) is 1.28. The summed E-state index contributed by atoms with van der Waals surface area (Å²) in [4.78, 5) is 14.8. The standard InChI is InChI=1S/C9H7NO2/c11-7-3-6-1-2-10-5-8(6)9(12)4-7/h1-2,4-5,12H,3H2. The number of aromatic nitrogens is 1. The highest BCUT2D eigenvalue weighted by Crippen LogP contribution is 2.20. The van der Waals surface area contributed by atoms with Crippen LogP contribution in [0.4, 0.5) is 0 Å². The van der Waals surface area contributed by atoms with Crippen LogP contribution in [-0.2, 0) is 11.2 Å². The van der Waals surface area contributed by atoms with Crippen LogP contribution in [0.15, 0.2) is 24.5 Å². The Morgan fingerprint density at radius 3 is 3.17 bits per heavy atom. The normalized spacial score (nSPS) is 15.3. The van der Waals surface area contributed by atoms with Crippen molar-refractivity contribution in [3.05, 3.63) is 35.7 Å². The first-order valence-corrected chi connectivity index (χ1v) is 3.64. The maximum Gasteiger partial charge on any atom is 0.163 e. The third-order valence-corrected chi connectivity index (χ3v) is 1.85. The molecule has 2 rings (SSSR count). The molecule has 0 amide bonds. The summed E-state index contributed by atoms with van der Waals surface area (Å²) in [5, 5.41) is 9.33. The van der Waals surface area contributed by atoms with Crippen molar-refractivity contribution in [1.29, 1.82) is 0 Å². The second-order valence-electron chi connectivity index (χ2n) is 2.71. The fourth-order valence-electron chi connectivity index (χ4n) is 1.28. The van der Waals surface area contributed by atoms with E-state index in [4.69, 9.17) is 0 Å². The molecule has 1 heterocycles. The zero-order valence-corrected chi connectivity index (χ0v) is 6.32. The lowest BCUT2D eigenvalue weighted by Crippen LogP contribution is -2.08. The minimum atomic E-state index is -0.0637. The smallest absolute Gasteiger partial charge is 0.163 e. The van der Waals surface area contributed by atoms with Gasteiger partial charge >= 0.3 is 0 Å². The number of hydrogen-bond donors (Lipinski definition) is 1. The maximum atomic E-state index is 11.0. The highest BCUT2D eigenvalue weighted by molar-refractivity contribution is 6.00. The number of ketones is 1. The summed E-state index contributed by atoms with van der Waals surface area (Å²) in [6, 6.07) is 1.75. The van der Waals surface area contributed by atoms with Crippen molar-refractivity contribution in [2.24, 2.45) is 0 Å². The molecule has 0 saturated heterocycles. The number of hydrogen-bond acceptors (Lipinski definition) is 3. The van der Waals surface area contributed by atoms with Crippen LogP contribution in [0.5, 0.6) is 0 Å². The fraction of sp³-hybridized carbons (Fsp3) is 0.111. The summed E-state index contributed by atoms with van der Waals surface area (Å²) >= 11 is 0. The zero-order valence-electron chi connectivity index (χ0n) is 6.32. The quantitative estimate of drug-likeness (QED) is 0.620. The Bertz CT molecular complexity index is 369. The van der Waals surface area contributed by atoms with Gasteiger partial charge in [-0.3, -0.25) is 9.78 Å². The molecule has 0 radical (unpaired) electrons. The topological polar surface area (TPSA) is 50.2 Å². The van der Waals surface area contributed by atoms with Gasteiger partial charge in [-0.15, -0.1) is 0 Å². The Kier molecular flexibility index (Phi) is 1.43. The van der Waals surface area contributed by atoms with E-state index in [2.05, 4.69) is 4.98 Å². The van der Waals surface area contributed by atoms with Crippen molar-refractivity contribution < 1.29 is 9.90 Å². The summed E-state index contributed by atoms with van der Waals surface area (Å²) in [5.41, 5.74) is 1.51. The lowest BCUT2D eigenvalue weighted by molar-refractivity contribution is -0.114. The molecule has 1 aromatic rings. The van der Waals surface area contributed by atoms with E-state index in [-0.39, 0.29) is 11.5 Å². The molecule has 0 unspecified atom stereocenters. The second kappa shape index (κ2) is 2.44. The molecule has 0 spiro atoms. The van der Waals surface area contributed by atoms with Gasteiger partial charge in [-0.2, -0.15) is 0 Å². The maximum absolute atomic E-state index is 11.0. The minimum Gasteiger partial charge on any atom is -0.507 e. The largest absolute Gasteiger partial charge is 0.507 e. The molecule has 0 fully saturated rings. The van der Waals surface area contributed by atoms with Crippen LogP contribution in [0, 0.1) is 0 Å². The average molecular weight is 161 g/mol. The molecule has 0 aliphatic heterocycles. The molecule has 0 atom stereocenters. The van der Waals surface area contributed by atoms with Crippen LogP contribution in [-0.4, -0.2) is 15.9 Å². The predicted octanol–water partition coefficient (Wildman–Crippen LogP) is 1.11. The summed E-state index contributed by atoms with van der Waals surface area (Å²) in [7, 11) is 0. The molecule has 3 heteroatoms. The van der Waals surface area contributed by atoms with Crippen molar-refractivity contribution in [3.8, 4) is 0 Å². The molecule has 12 heavy (non-hydrogen) atoms. The molecular formula is C9H7NO2. The minimum absolute atomic E-state index is 0.0225. The Morgan fingerprint density at radius 1 is 1.50 bits per heavy atom. The van der Waals surface area contributed by atoms with E-state index in [1.54, 1.807) is 18.5 Å². The van der Waals surface area contributed by atoms with Gasteiger partial charge in [0.05, 0.1) is 0 Å². The summed E-state index contributed by atoms with van der Waals surface area (Å²) in [6.45, 7) is 0. The SMILES string of the molecule is O=C1C=C(O)c2cnccc2C1. The number of nitrogens with zero attached hydrogens (tertiary/aromatic N) is 1. The van der Waals surface area contributed by atoms with Gasteiger partial charge in [-0.05, 0) is 11.6 Å². The van der Waals surface area contributed by atoms with Crippen LogP contribution in [0.3, 0.4) is 0 Å². The molecule has 1 aromatic heterocycles. The third kappa shape index (κ3) is 0.993. The Hall–Kier alpha value is -1.64. The number of allylic oxidation sites excluding steroid dienone is 1. The Morgan fingerprint density at radius 2 is 2.33 bits per heavy atom. The Labute approximate surface area is 69.4 Å². The molecule has 3 nitrogen and oxygen atoms in total. The summed E-state index contributed by atoms with van der Waals surface area (Å²) in [6.07, 6.45) is 4.78. The van der Waals surface area contributed by atoms with Crippen molar-refractivity contribution in [3.63, 3.8) is 0 Å². The monoisotopic (exact) mass is 161 g/mol. The van der Waals surface area contributed by atoms with Crippen molar-refractivity contribution in [2.75, 3.05) is 0 Å². The molecule has 1 N–H and O–H groups in total. The molecule has 1 aliphatic rings. The average Bonchev–Trinajstić information content (AvgIpc) is 2.04. The van der Waals surface area contributed by atoms with Crippen molar-refractivity contribution >= 4 is 11.5 Å². The molecule has 1 aliphatic carbocycles. The van der Waals surface area contributed by atoms with Crippen molar-refractivity contribution in [2.45, 2.75) is 6.42 Å². The van der Waals surface area contributed by atoms with Crippen LogP contribution < -0.4 is 0 Å². The molecule has 0 aromatic carbocycles. The highest BCUT2D eigenvalue weighted by atomic mass is 16.3. The van der Waals surface area contributed by atoms with E-state index >= 15 is 0 Å². The first-order chi connectivity index (χ1) is 5.77. The third-order valence-electron chi connectivity index (χ3n) is 1.85. The lowest BCUT2D eigenvalue weighted by Gasteiger charge is -2.10. The number of aliphatic hydroxyl groups is 1. The van der Waals surface area contributed by atoms with Gasteiger partial charge in [-0.1, -0.05) is 0 Å². The van der Waals surface area contributed by atoms with Crippen LogP contribution in [0.25, 0.3) is 5.76 Å². The second-order valence-corrected chi connectivity index (χ2v) is 2.71. The van der Waals surface area contributed by atoms with Crippen LogP contribution in [0.2, 0.25) is 0 Å². The molecule has 0 bridgehead atoms. The van der Waals surface area contributed by atoms with Gasteiger partial charge in [0.15, 0.2) is 5.78 Å². The molecule has 0 saturated carbocycles. The number of pyridine rings is 1. The van der Waals surface area contributed by atoms with E-state index < -0.39 is 0 Å². The Balaban J connectivity index is 2.60. The van der Waals surface area contributed by atoms with Gasteiger partial charge in [0.1, 0.15) is 5.76 Å². The van der Waals surface area contributed by atoms with E-state index in [0.717, 1.165) is 5.56 Å². The van der Waals surface area contributed by atoms with E-state index in [0.29, 0.717) is 12.0 Å². The number of fused-ring (bicyclic) bond motifs is 1. The van der Waals surface area contributed by atoms with Gasteiger partial charge in [0.25, 0.3) is 0 Å². The highest BCUT2D eigenvalue weighted by Gasteiger charge is 2.15. The zero-order chi connectivity index (χ0) is 8.55. The van der Waals surface area contributed by atoms with Crippen molar-refractivity contribution in [1.82, 2.24) is 4.98 Å². The molecular weight excluding hydrogens is 154 g/mol. The number of carbonyl (C=O) groups is 1.